The van der Waals surface area contributed by atoms with Gasteiger partial charge in [-0.2, -0.15) is 0 Å². The summed E-state index contributed by atoms with van der Waals surface area (Å²) in [6, 6.07) is 9.67. The number of aromatic nitrogens is 2. The van der Waals surface area contributed by atoms with Crippen molar-refractivity contribution in [3.05, 3.63) is 53.9 Å². The number of amides is 2. The van der Waals surface area contributed by atoms with Crippen molar-refractivity contribution in [3.8, 4) is 28.6 Å². The lowest BCUT2D eigenvalue weighted by molar-refractivity contribution is 0.0947. The van der Waals surface area contributed by atoms with E-state index in [1.165, 1.54) is 12.1 Å². The third-order valence-corrected chi connectivity index (χ3v) is 5.22. The van der Waals surface area contributed by atoms with E-state index in [0.717, 1.165) is 10.9 Å². The summed E-state index contributed by atoms with van der Waals surface area (Å²) < 4.78 is 10.8. The van der Waals surface area contributed by atoms with Gasteiger partial charge in [0.25, 0.3) is 5.91 Å². The molecule has 2 amide bonds. The molecule has 0 unspecified atom stereocenters. The molecule has 5 N–H and O–H groups in total. The van der Waals surface area contributed by atoms with Gasteiger partial charge in [-0.05, 0) is 48.1 Å². The Kier molecular flexibility index (Phi) is 6.13. The van der Waals surface area contributed by atoms with E-state index in [2.05, 4.69) is 20.8 Å². The van der Waals surface area contributed by atoms with Crippen LogP contribution in [0.2, 0.25) is 0 Å². The van der Waals surface area contributed by atoms with Crippen molar-refractivity contribution in [1.82, 2.24) is 15.5 Å². The molecule has 0 atom stereocenters. The predicted molar refractivity (Wildman–Crippen MR) is 125 cm³/mol. The van der Waals surface area contributed by atoms with Gasteiger partial charge >= 0.3 is 6.09 Å². The van der Waals surface area contributed by atoms with E-state index in [4.69, 9.17) is 9.26 Å². The normalized spacial score (nSPS) is 11.1. The van der Waals surface area contributed by atoms with Crippen LogP contribution < -0.4 is 15.4 Å². The van der Waals surface area contributed by atoms with Crippen LogP contribution in [0.1, 0.15) is 42.7 Å². The Morgan fingerprint density at radius 2 is 1.94 bits per heavy atom. The number of fused-ring (bicyclic) bond motifs is 1. The molecular formula is C24H24N4O6. The molecule has 0 spiro atoms. The van der Waals surface area contributed by atoms with Crippen LogP contribution >= 0.6 is 0 Å². The number of phenols is 2. The molecule has 4 aromatic rings. The topological polar surface area (TPSA) is 150 Å². The van der Waals surface area contributed by atoms with Gasteiger partial charge < -0.3 is 29.8 Å². The number of phenolic OH excluding ortho intramolecular Hbond substituents is 2. The molecule has 0 saturated carbocycles. The van der Waals surface area contributed by atoms with Gasteiger partial charge in [0.05, 0.1) is 5.56 Å². The number of benzene rings is 2. The highest BCUT2D eigenvalue weighted by atomic mass is 16.6. The summed E-state index contributed by atoms with van der Waals surface area (Å²) in [6.07, 6.45) is 0.884. The Morgan fingerprint density at radius 1 is 1.15 bits per heavy atom. The molecule has 0 bridgehead atoms. The average Bonchev–Trinajstić information content (AvgIpc) is 3.40. The van der Waals surface area contributed by atoms with E-state index in [1.807, 2.05) is 19.9 Å². The highest BCUT2D eigenvalue weighted by Gasteiger charge is 2.28. The number of carbonyl (C=O) groups is 2. The van der Waals surface area contributed by atoms with Crippen LogP contribution in [-0.2, 0) is 0 Å². The summed E-state index contributed by atoms with van der Waals surface area (Å²) in [4.78, 5) is 28.3. The first-order chi connectivity index (χ1) is 16.3. The third-order valence-electron chi connectivity index (χ3n) is 5.22. The fraction of sp³-hybridized carbons (Fsp3) is 0.208. The second kappa shape index (κ2) is 9.18. The first-order valence-electron chi connectivity index (χ1n) is 10.7. The van der Waals surface area contributed by atoms with Crippen molar-refractivity contribution in [3.63, 3.8) is 0 Å². The van der Waals surface area contributed by atoms with Crippen LogP contribution in [0.15, 0.2) is 47.1 Å². The Bertz CT molecular complexity index is 1370. The van der Waals surface area contributed by atoms with E-state index < -0.39 is 12.0 Å². The van der Waals surface area contributed by atoms with Crippen LogP contribution in [0.25, 0.3) is 22.2 Å². The molecular weight excluding hydrogens is 440 g/mol. The molecule has 2 aromatic carbocycles. The van der Waals surface area contributed by atoms with Crippen LogP contribution in [0.4, 0.5) is 10.5 Å². The monoisotopic (exact) mass is 464 g/mol. The summed E-state index contributed by atoms with van der Waals surface area (Å²) in [5, 5.41) is 30.5. The molecule has 10 nitrogen and oxygen atoms in total. The number of ether oxygens (including phenoxy) is 1. The standard InChI is InChI=1S/C24H24N4O6/c1-4-25-23(31)21-20(27-24(32)33-14-6-5-13-7-8-26-17(13)9-14)22(34-28-21)16-10-15(12(2)3)18(29)11-19(16)30/h5-12,26,29-30H,4H2,1-3H3,(H,25,31)(H,27,32). The second-order valence-corrected chi connectivity index (χ2v) is 7.92. The SMILES string of the molecule is CCNC(=O)c1noc(-c2cc(C(C)C)c(O)cc2O)c1NC(=O)Oc1ccc2cc[nH]c2c1. The minimum atomic E-state index is -0.886. The smallest absolute Gasteiger partial charge is 0.417 e. The molecule has 34 heavy (non-hydrogen) atoms. The number of anilines is 1. The molecule has 0 saturated heterocycles. The number of rotatable bonds is 6. The molecule has 176 valence electrons. The number of hydrogen-bond donors (Lipinski definition) is 5. The maximum atomic E-state index is 12.7. The van der Waals surface area contributed by atoms with Gasteiger partial charge in [-0.3, -0.25) is 10.1 Å². The van der Waals surface area contributed by atoms with Crippen LogP contribution in [0.5, 0.6) is 17.2 Å². The van der Waals surface area contributed by atoms with Crippen molar-refractivity contribution < 1.29 is 29.1 Å². The number of aromatic amines is 1. The van der Waals surface area contributed by atoms with E-state index in [1.54, 1.807) is 31.3 Å². The molecule has 4 rings (SSSR count). The lowest BCUT2D eigenvalue weighted by Gasteiger charge is -2.13. The number of nitrogens with one attached hydrogen (secondary N) is 3. The Hall–Kier alpha value is -4.47. The van der Waals surface area contributed by atoms with Crippen LogP contribution in [0, 0.1) is 0 Å². The lowest BCUT2D eigenvalue weighted by atomic mass is 9.97. The number of H-pyrrole nitrogens is 1. The van der Waals surface area contributed by atoms with E-state index >= 15 is 0 Å². The molecule has 0 aliphatic carbocycles. The quantitative estimate of drug-likeness (QED) is 0.277. The third kappa shape index (κ3) is 4.38. The first kappa shape index (κ1) is 22.7. The Morgan fingerprint density at radius 3 is 2.68 bits per heavy atom. The summed E-state index contributed by atoms with van der Waals surface area (Å²) in [5.41, 5.74) is 1.21. The molecule has 0 aliphatic heterocycles. The minimum absolute atomic E-state index is 0.0579. The maximum Gasteiger partial charge on any atom is 0.417 e. The maximum absolute atomic E-state index is 12.7. The van der Waals surface area contributed by atoms with E-state index in [0.29, 0.717) is 12.1 Å². The van der Waals surface area contributed by atoms with Gasteiger partial charge in [-0.25, -0.2) is 4.79 Å². The van der Waals surface area contributed by atoms with Crippen LogP contribution in [-0.4, -0.2) is 38.9 Å². The van der Waals surface area contributed by atoms with Crippen molar-refractivity contribution in [2.75, 3.05) is 11.9 Å². The van der Waals surface area contributed by atoms with Gasteiger partial charge in [-0.1, -0.05) is 19.0 Å². The lowest BCUT2D eigenvalue weighted by Crippen LogP contribution is -2.25. The fourth-order valence-corrected chi connectivity index (χ4v) is 3.55. The number of carbonyl (C=O) groups excluding carboxylic acids is 2. The summed E-state index contributed by atoms with van der Waals surface area (Å²) in [7, 11) is 0. The second-order valence-electron chi connectivity index (χ2n) is 7.92. The van der Waals surface area contributed by atoms with Gasteiger partial charge in [0.2, 0.25) is 0 Å². The van der Waals surface area contributed by atoms with E-state index in [-0.39, 0.29) is 45.9 Å². The molecule has 0 aliphatic rings. The van der Waals surface area contributed by atoms with Crippen molar-refractivity contribution in [2.45, 2.75) is 26.7 Å². The van der Waals surface area contributed by atoms with E-state index in [9.17, 15) is 19.8 Å². The zero-order valence-electron chi connectivity index (χ0n) is 18.8. The molecule has 2 aromatic heterocycles. The predicted octanol–water partition coefficient (Wildman–Crippen LogP) is 4.72. The van der Waals surface area contributed by atoms with Gasteiger partial charge in [0.15, 0.2) is 11.5 Å². The number of nitrogens with zero attached hydrogens (tertiary/aromatic N) is 1. The van der Waals surface area contributed by atoms with Gasteiger partial charge in [0.1, 0.15) is 22.9 Å². The summed E-state index contributed by atoms with van der Waals surface area (Å²) in [6.45, 7) is 5.79. The van der Waals surface area contributed by atoms with Crippen molar-refractivity contribution >= 4 is 28.6 Å². The molecule has 0 radical (unpaired) electrons. The highest BCUT2D eigenvalue weighted by molar-refractivity contribution is 6.05. The van der Waals surface area contributed by atoms with Crippen molar-refractivity contribution in [1.29, 1.82) is 0 Å². The van der Waals surface area contributed by atoms with Gasteiger partial charge in [-0.15, -0.1) is 0 Å². The summed E-state index contributed by atoms with van der Waals surface area (Å²) in [5.74, 6) is -0.836. The zero-order valence-corrected chi connectivity index (χ0v) is 18.8. The largest absolute Gasteiger partial charge is 0.508 e. The fourth-order valence-electron chi connectivity index (χ4n) is 3.55. The zero-order chi connectivity index (χ0) is 24.4. The number of hydrogen-bond acceptors (Lipinski definition) is 7. The molecule has 0 fully saturated rings. The van der Waals surface area contributed by atoms with Crippen molar-refractivity contribution in [2.24, 2.45) is 0 Å². The first-order valence-corrected chi connectivity index (χ1v) is 10.7. The minimum Gasteiger partial charge on any atom is -0.508 e. The molecule has 2 heterocycles. The highest BCUT2D eigenvalue weighted by Crippen LogP contribution is 2.41. The van der Waals surface area contributed by atoms with Gasteiger partial charge in [0, 0.05) is 30.4 Å². The summed E-state index contributed by atoms with van der Waals surface area (Å²) >= 11 is 0. The Labute approximate surface area is 194 Å². The average molecular weight is 464 g/mol. The van der Waals surface area contributed by atoms with Crippen LogP contribution in [0.3, 0.4) is 0 Å². The Balaban J connectivity index is 1.71. The number of aromatic hydroxyl groups is 2. The molecule has 10 heteroatoms.